The van der Waals surface area contributed by atoms with Crippen LogP contribution in [-0.2, 0) is 4.74 Å². The average molecular weight is 312 g/mol. The van der Waals surface area contributed by atoms with E-state index >= 15 is 0 Å². The maximum atomic E-state index is 12.3. The SMILES string of the molecule is C/C(Br)=C1/COC(=S)N1C(=O)c1ccccc1. The van der Waals surface area contributed by atoms with Gasteiger partial charge < -0.3 is 4.74 Å². The quantitative estimate of drug-likeness (QED) is 0.747. The Morgan fingerprint density at radius 3 is 2.65 bits per heavy atom. The number of carbonyl (C=O) groups is 1. The van der Waals surface area contributed by atoms with Crippen LogP contribution in [0.5, 0.6) is 0 Å². The van der Waals surface area contributed by atoms with E-state index in [0.29, 0.717) is 12.2 Å². The van der Waals surface area contributed by atoms with E-state index in [1.54, 1.807) is 12.1 Å². The highest BCUT2D eigenvalue weighted by atomic mass is 79.9. The van der Waals surface area contributed by atoms with Crippen LogP contribution in [0.25, 0.3) is 0 Å². The first-order chi connectivity index (χ1) is 8.11. The van der Waals surface area contributed by atoms with E-state index in [4.69, 9.17) is 17.0 Å². The van der Waals surface area contributed by atoms with E-state index in [-0.39, 0.29) is 11.1 Å². The monoisotopic (exact) mass is 311 g/mol. The Morgan fingerprint density at radius 2 is 2.06 bits per heavy atom. The molecule has 0 atom stereocenters. The summed E-state index contributed by atoms with van der Waals surface area (Å²) in [6.07, 6.45) is 0. The van der Waals surface area contributed by atoms with Crippen molar-refractivity contribution >= 4 is 39.2 Å². The number of allylic oxidation sites excluding steroid dienone is 1. The number of hydrogen-bond donors (Lipinski definition) is 0. The van der Waals surface area contributed by atoms with Crippen LogP contribution in [0.15, 0.2) is 40.5 Å². The van der Waals surface area contributed by atoms with Crippen molar-refractivity contribution in [3.63, 3.8) is 0 Å². The number of ether oxygens (including phenoxy) is 1. The predicted octanol–water partition coefficient (Wildman–Crippen LogP) is 3.07. The molecule has 1 fully saturated rings. The van der Waals surface area contributed by atoms with Gasteiger partial charge in [0.25, 0.3) is 11.1 Å². The summed E-state index contributed by atoms with van der Waals surface area (Å²) in [6, 6.07) is 9.01. The Kier molecular flexibility index (Phi) is 3.59. The van der Waals surface area contributed by atoms with Gasteiger partial charge in [0.05, 0.1) is 5.70 Å². The van der Waals surface area contributed by atoms with E-state index in [1.165, 1.54) is 4.90 Å². The first-order valence-electron chi connectivity index (χ1n) is 5.03. The van der Waals surface area contributed by atoms with Crippen molar-refractivity contribution in [3.8, 4) is 0 Å². The third-order valence-electron chi connectivity index (χ3n) is 2.41. The van der Waals surface area contributed by atoms with Gasteiger partial charge in [0.1, 0.15) is 6.61 Å². The zero-order valence-electron chi connectivity index (χ0n) is 9.14. The number of benzene rings is 1. The molecule has 17 heavy (non-hydrogen) atoms. The lowest BCUT2D eigenvalue weighted by Gasteiger charge is -2.15. The molecule has 88 valence electrons. The van der Waals surface area contributed by atoms with Crippen molar-refractivity contribution < 1.29 is 9.53 Å². The second kappa shape index (κ2) is 4.98. The first-order valence-corrected chi connectivity index (χ1v) is 6.23. The van der Waals surface area contributed by atoms with Crippen molar-refractivity contribution in [3.05, 3.63) is 46.1 Å². The van der Waals surface area contributed by atoms with E-state index in [2.05, 4.69) is 15.9 Å². The van der Waals surface area contributed by atoms with Crippen LogP contribution in [0.2, 0.25) is 0 Å². The Hall–Kier alpha value is -1.20. The van der Waals surface area contributed by atoms with E-state index in [0.717, 1.165) is 10.2 Å². The smallest absolute Gasteiger partial charge is 0.271 e. The average Bonchev–Trinajstić information content (AvgIpc) is 2.71. The van der Waals surface area contributed by atoms with Gasteiger partial charge >= 0.3 is 0 Å². The molecule has 1 aromatic rings. The molecule has 5 heteroatoms. The minimum absolute atomic E-state index is 0.165. The summed E-state index contributed by atoms with van der Waals surface area (Å²) in [6.45, 7) is 2.19. The Balaban J connectivity index is 2.37. The molecule has 1 aliphatic heterocycles. The fourth-order valence-corrected chi connectivity index (χ4v) is 2.08. The predicted molar refractivity (Wildman–Crippen MR) is 72.8 cm³/mol. The van der Waals surface area contributed by atoms with Crippen LogP contribution in [-0.4, -0.2) is 22.6 Å². The highest BCUT2D eigenvalue weighted by Gasteiger charge is 2.31. The van der Waals surface area contributed by atoms with Crippen LogP contribution in [0.3, 0.4) is 0 Å². The van der Waals surface area contributed by atoms with Gasteiger partial charge in [0.15, 0.2) is 0 Å². The molecule has 1 saturated heterocycles. The van der Waals surface area contributed by atoms with Crippen LogP contribution < -0.4 is 0 Å². The molecular formula is C12H10BrNO2S. The molecule has 1 amide bonds. The molecular weight excluding hydrogens is 302 g/mol. The molecule has 0 bridgehead atoms. The van der Waals surface area contributed by atoms with Crippen LogP contribution in [0.1, 0.15) is 17.3 Å². The van der Waals surface area contributed by atoms with Gasteiger partial charge in [-0.25, -0.2) is 4.90 Å². The van der Waals surface area contributed by atoms with Crippen molar-refractivity contribution in [2.45, 2.75) is 6.92 Å². The van der Waals surface area contributed by atoms with Gasteiger partial charge in [0.2, 0.25) is 0 Å². The number of thiocarbonyl (C=S) groups is 1. The third kappa shape index (κ3) is 2.40. The lowest BCUT2D eigenvalue weighted by molar-refractivity contribution is 0.0881. The van der Waals surface area contributed by atoms with E-state index in [9.17, 15) is 4.79 Å². The van der Waals surface area contributed by atoms with Crippen molar-refractivity contribution in [2.75, 3.05) is 6.61 Å². The highest BCUT2D eigenvalue weighted by molar-refractivity contribution is 9.11. The number of nitrogens with zero attached hydrogens (tertiary/aromatic N) is 1. The number of amides is 1. The minimum Gasteiger partial charge on any atom is -0.464 e. The Morgan fingerprint density at radius 1 is 1.41 bits per heavy atom. The largest absolute Gasteiger partial charge is 0.464 e. The zero-order chi connectivity index (χ0) is 12.4. The maximum Gasteiger partial charge on any atom is 0.271 e. The summed E-state index contributed by atoms with van der Waals surface area (Å²) < 4.78 is 6.08. The second-order valence-corrected chi connectivity index (χ2v) is 5.08. The van der Waals surface area contributed by atoms with Gasteiger partial charge in [-0.3, -0.25) is 4.79 Å². The molecule has 0 aromatic heterocycles. The summed E-state index contributed by atoms with van der Waals surface area (Å²) in [5, 5.41) is 0.202. The lowest BCUT2D eigenvalue weighted by atomic mass is 10.2. The van der Waals surface area contributed by atoms with Crippen LogP contribution in [0.4, 0.5) is 0 Å². The molecule has 1 heterocycles. The van der Waals surface area contributed by atoms with Gasteiger partial charge in [-0.1, -0.05) is 34.1 Å². The molecule has 1 aromatic carbocycles. The molecule has 0 radical (unpaired) electrons. The molecule has 0 unspecified atom stereocenters. The fourth-order valence-electron chi connectivity index (χ4n) is 1.54. The summed E-state index contributed by atoms with van der Waals surface area (Å²) in [5.41, 5.74) is 1.34. The van der Waals surface area contributed by atoms with Gasteiger partial charge in [-0.15, -0.1) is 0 Å². The summed E-state index contributed by atoms with van der Waals surface area (Å²) in [7, 11) is 0. The fraction of sp³-hybridized carbons (Fsp3) is 0.167. The molecule has 0 saturated carbocycles. The lowest BCUT2D eigenvalue weighted by Crippen LogP contribution is -2.30. The van der Waals surface area contributed by atoms with E-state index in [1.807, 2.05) is 25.1 Å². The number of halogens is 1. The molecule has 0 N–H and O–H groups in total. The summed E-state index contributed by atoms with van der Waals surface area (Å²) in [5.74, 6) is -0.165. The normalized spacial score (nSPS) is 18.0. The van der Waals surface area contributed by atoms with Gasteiger partial charge in [-0.05, 0) is 31.3 Å². The summed E-state index contributed by atoms with van der Waals surface area (Å²) in [4.78, 5) is 13.7. The number of carbonyl (C=O) groups excluding carboxylic acids is 1. The first kappa shape index (κ1) is 12.3. The number of rotatable bonds is 1. The maximum absolute atomic E-state index is 12.3. The molecule has 0 aliphatic carbocycles. The Bertz CT molecular complexity index is 494. The summed E-state index contributed by atoms with van der Waals surface area (Å²) >= 11 is 8.40. The third-order valence-corrected chi connectivity index (χ3v) is 3.16. The van der Waals surface area contributed by atoms with Crippen molar-refractivity contribution in [2.24, 2.45) is 0 Å². The van der Waals surface area contributed by atoms with Crippen LogP contribution >= 0.6 is 28.1 Å². The van der Waals surface area contributed by atoms with Crippen molar-refractivity contribution in [1.29, 1.82) is 0 Å². The number of hydrogen-bond acceptors (Lipinski definition) is 3. The minimum atomic E-state index is -0.165. The molecule has 3 nitrogen and oxygen atoms in total. The zero-order valence-corrected chi connectivity index (χ0v) is 11.5. The Labute approximate surface area is 113 Å². The van der Waals surface area contributed by atoms with Crippen molar-refractivity contribution in [1.82, 2.24) is 4.90 Å². The highest BCUT2D eigenvalue weighted by Crippen LogP contribution is 2.25. The molecule has 2 rings (SSSR count). The van der Waals surface area contributed by atoms with Gasteiger partial charge in [-0.2, -0.15) is 0 Å². The van der Waals surface area contributed by atoms with Crippen LogP contribution in [0, 0.1) is 0 Å². The standard InChI is InChI=1S/C12H10BrNO2S/c1-8(13)10-7-16-12(17)14(10)11(15)9-5-3-2-4-6-9/h2-6H,7H2,1H3/b10-8+. The van der Waals surface area contributed by atoms with E-state index < -0.39 is 0 Å². The molecule has 1 aliphatic rings. The topological polar surface area (TPSA) is 29.5 Å². The van der Waals surface area contributed by atoms with Gasteiger partial charge in [0, 0.05) is 10.0 Å². The second-order valence-electron chi connectivity index (χ2n) is 3.54. The molecule has 0 spiro atoms.